The molecule has 0 atom stereocenters. The van der Waals surface area contributed by atoms with Gasteiger partial charge in [0.25, 0.3) is 0 Å². The maximum Gasteiger partial charge on any atom is 0.160 e. The van der Waals surface area contributed by atoms with Crippen LogP contribution in [0.3, 0.4) is 0 Å². The van der Waals surface area contributed by atoms with Crippen LogP contribution in [0, 0.1) is 0 Å². The van der Waals surface area contributed by atoms with Crippen molar-refractivity contribution in [1.29, 1.82) is 0 Å². The molecule has 0 amide bonds. The molecule has 0 aromatic heterocycles. The van der Waals surface area contributed by atoms with Crippen LogP contribution in [-0.4, -0.2) is 15.5 Å². The molecule has 0 saturated carbocycles. The van der Waals surface area contributed by atoms with E-state index in [-0.39, 0.29) is 11.5 Å². The van der Waals surface area contributed by atoms with Crippen molar-refractivity contribution < 1.29 is 10.2 Å². The molecular weight excluding hydrogens is 268 g/mol. The molecule has 1 aromatic rings. The minimum Gasteiger partial charge on any atom is -0.504 e. The molecule has 0 aliphatic heterocycles. The molecule has 0 saturated heterocycles. The lowest BCUT2D eigenvalue weighted by Crippen LogP contribution is -1.96. The standard InChI is InChI=1S/C13H19BrO2/c1-2-5-11-10(6-3-4-9-14)7-8-12(15)13(11)16/h7-8,15-16H,2-6,9H2,1H3. The fraction of sp³-hybridized carbons (Fsp3) is 0.538. The van der Waals surface area contributed by atoms with Crippen molar-refractivity contribution in [2.45, 2.75) is 39.0 Å². The Bertz CT molecular complexity index is 337. The van der Waals surface area contributed by atoms with Gasteiger partial charge in [0.2, 0.25) is 0 Å². The molecule has 0 fully saturated rings. The highest BCUT2D eigenvalue weighted by atomic mass is 79.9. The fourth-order valence-corrected chi connectivity index (χ4v) is 2.24. The predicted molar refractivity (Wildman–Crippen MR) is 70.5 cm³/mol. The van der Waals surface area contributed by atoms with Crippen LogP contribution >= 0.6 is 15.9 Å². The molecule has 90 valence electrons. The minimum atomic E-state index is -0.00677. The van der Waals surface area contributed by atoms with Gasteiger partial charge < -0.3 is 10.2 Å². The van der Waals surface area contributed by atoms with Gasteiger partial charge >= 0.3 is 0 Å². The van der Waals surface area contributed by atoms with Crippen molar-refractivity contribution >= 4 is 15.9 Å². The summed E-state index contributed by atoms with van der Waals surface area (Å²) in [7, 11) is 0. The topological polar surface area (TPSA) is 40.5 Å². The SMILES string of the molecule is CCCc1c(CCCCBr)ccc(O)c1O. The van der Waals surface area contributed by atoms with E-state index in [1.54, 1.807) is 6.07 Å². The lowest BCUT2D eigenvalue weighted by Gasteiger charge is -2.11. The summed E-state index contributed by atoms with van der Waals surface area (Å²) in [6, 6.07) is 3.51. The molecule has 3 heteroatoms. The number of benzene rings is 1. The van der Waals surface area contributed by atoms with E-state index in [2.05, 4.69) is 22.9 Å². The number of hydrogen-bond acceptors (Lipinski definition) is 2. The maximum absolute atomic E-state index is 9.81. The number of halogens is 1. The first-order chi connectivity index (χ1) is 7.70. The van der Waals surface area contributed by atoms with Crippen LogP contribution in [0.25, 0.3) is 0 Å². The second-order valence-corrected chi connectivity index (χ2v) is 4.76. The molecule has 0 heterocycles. The zero-order valence-corrected chi connectivity index (χ0v) is 11.3. The lowest BCUT2D eigenvalue weighted by atomic mass is 9.97. The first-order valence-corrected chi connectivity index (χ1v) is 6.91. The van der Waals surface area contributed by atoms with Gasteiger partial charge in [-0.2, -0.15) is 0 Å². The van der Waals surface area contributed by atoms with Gasteiger partial charge in [-0.1, -0.05) is 35.3 Å². The van der Waals surface area contributed by atoms with E-state index in [1.165, 1.54) is 0 Å². The summed E-state index contributed by atoms with van der Waals surface area (Å²) in [4.78, 5) is 0. The van der Waals surface area contributed by atoms with E-state index < -0.39 is 0 Å². The highest BCUT2D eigenvalue weighted by molar-refractivity contribution is 9.09. The summed E-state index contributed by atoms with van der Waals surface area (Å²) in [5.74, 6) is 0.0610. The monoisotopic (exact) mass is 286 g/mol. The van der Waals surface area contributed by atoms with Gasteiger partial charge in [-0.05, 0) is 37.3 Å². The normalized spacial score (nSPS) is 10.6. The molecule has 0 bridgehead atoms. The molecule has 16 heavy (non-hydrogen) atoms. The molecule has 2 nitrogen and oxygen atoms in total. The number of aryl methyl sites for hydroxylation is 1. The minimum absolute atomic E-state index is 0.00677. The van der Waals surface area contributed by atoms with Crippen LogP contribution in [0.2, 0.25) is 0 Å². The van der Waals surface area contributed by atoms with Crippen LogP contribution < -0.4 is 0 Å². The molecule has 0 aliphatic carbocycles. The Hall–Kier alpha value is -0.700. The average Bonchev–Trinajstić information content (AvgIpc) is 2.28. The third kappa shape index (κ3) is 3.41. The molecule has 0 spiro atoms. The van der Waals surface area contributed by atoms with E-state index in [9.17, 15) is 10.2 Å². The number of unbranched alkanes of at least 4 members (excludes halogenated alkanes) is 1. The summed E-state index contributed by atoms with van der Waals surface area (Å²) in [6.07, 6.45) is 5.00. The van der Waals surface area contributed by atoms with E-state index >= 15 is 0 Å². The van der Waals surface area contributed by atoms with Gasteiger partial charge in [-0.25, -0.2) is 0 Å². The number of alkyl halides is 1. The number of rotatable bonds is 6. The second-order valence-electron chi connectivity index (χ2n) is 3.97. The number of phenols is 2. The zero-order valence-electron chi connectivity index (χ0n) is 9.67. The van der Waals surface area contributed by atoms with E-state index in [4.69, 9.17) is 0 Å². The Morgan fingerprint density at radius 1 is 1.12 bits per heavy atom. The average molecular weight is 287 g/mol. The van der Waals surface area contributed by atoms with E-state index in [1.807, 2.05) is 6.07 Å². The van der Waals surface area contributed by atoms with Crippen LogP contribution in [0.15, 0.2) is 12.1 Å². The van der Waals surface area contributed by atoms with Crippen LogP contribution in [0.4, 0.5) is 0 Å². The number of hydrogen-bond donors (Lipinski definition) is 2. The smallest absolute Gasteiger partial charge is 0.160 e. The Labute approximate surface area is 105 Å². The summed E-state index contributed by atoms with van der Waals surface area (Å²) in [6.45, 7) is 2.08. The van der Waals surface area contributed by atoms with Crippen LogP contribution in [-0.2, 0) is 12.8 Å². The van der Waals surface area contributed by atoms with Gasteiger partial charge in [0.1, 0.15) is 0 Å². The van der Waals surface area contributed by atoms with Crippen molar-refractivity contribution in [2.75, 3.05) is 5.33 Å². The largest absolute Gasteiger partial charge is 0.504 e. The predicted octanol–water partition coefficient (Wildman–Crippen LogP) is 3.77. The van der Waals surface area contributed by atoms with Crippen molar-refractivity contribution in [3.63, 3.8) is 0 Å². The molecule has 0 aliphatic rings. The Morgan fingerprint density at radius 2 is 1.88 bits per heavy atom. The van der Waals surface area contributed by atoms with Gasteiger partial charge in [-0.15, -0.1) is 0 Å². The van der Waals surface area contributed by atoms with Crippen molar-refractivity contribution in [3.05, 3.63) is 23.3 Å². The quantitative estimate of drug-likeness (QED) is 0.475. The highest BCUT2D eigenvalue weighted by Crippen LogP contribution is 2.33. The number of phenolic OH excluding ortho intramolecular Hbond substituents is 2. The van der Waals surface area contributed by atoms with Gasteiger partial charge in [-0.3, -0.25) is 0 Å². The summed E-state index contributed by atoms with van der Waals surface area (Å²) < 4.78 is 0. The first-order valence-electron chi connectivity index (χ1n) is 5.79. The fourth-order valence-electron chi connectivity index (χ4n) is 1.84. The molecule has 2 N–H and O–H groups in total. The second kappa shape index (κ2) is 6.79. The summed E-state index contributed by atoms with van der Waals surface area (Å²) in [5.41, 5.74) is 2.08. The van der Waals surface area contributed by atoms with Gasteiger partial charge in [0.05, 0.1) is 0 Å². The van der Waals surface area contributed by atoms with Crippen LogP contribution in [0.1, 0.15) is 37.3 Å². The highest BCUT2D eigenvalue weighted by Gasteiger charge is 2.10. The van der Waals surface area contributed by atoms with E-state index in [0.717, 1.165) is 48.6 Å². The molecule has 1 aromatic carbocycles. The third-order valence-electron chi connectivity index (χ3n) is 2.69. The molecule has 0 unspecified atom stereocenters. The Morgan fingerprint density at radius 3 is 2.50 bits per heavy atom. The van der Waals surface area contributed by atoms with Crippen molar-refractivity contribution in [1.82, 2.24) is 0 Å². The van der Waals surface area contributed by atoms with Gasteiger partial charge in [0, 0.05) is 10.9 Å². The number of aromatic hydroxyl groups is 2. The lowest BCUT2D eigenvalue weighted by molar-refractivity contribution is 0.398. The first kappa shape index (κ1) is 13.4. The van der Waals surface area contributed by atoms with E-state index in [0.29, 0.717) is 0 Å². The van der Waals surface area contributed by atoms with Crippen molar-refractivity contribution in [2.24, 2.45) is 0 Å². The van der Waals surface area contributed by atoms with Crippen LogP contribution in [0.5, 0.6) is 11.5 Å². The Balaban J connectivity index is 2.85. The summed E-state index contributed by atoms with van der Waals surface area (Å²) >= 11 is 3.41. The van der Waals surface area contributed by atoms with Crippen molar-refractivity contribution in [3.8, 4) is 11.5 Å². The summed E-state index contributed by atoms with van der Waals surface area (Å²) in [5, 5.41) is 20.3. The zero-order chi connectivity index (χ0) is 12.0. The molecule has 1 rings (SSSR count). The molecule has 0 radical (unpaired) electrons. The molecular formula is C13H19BrO2. The third-order valence-corrected chi connectivity index (χ3v) is 3.25. The van der Waals surface area contributed by atoms with Gasteiger partial charge in [0.15, 0.2) is 11.5 Å². The maximum atomic E-state index is 9.81. The Kier molecular flexibility index (Phi) is 5.67.